The van der Waals surface area contributed by atoms with Gasteiger partial charge in [-0.25, -0.2) is 0 Å². The predicted molar refractivity (Wildman–Crippen MR) is 56.8 cm³/mol. The fourth-order valence-corrected chi connectivity index (χ4v) is 1.39. The third kappa shape index (κ3) is 3.47. The molecule has 0 aromatic carbocycles. The van der Waals surface area contributed by atoms with Crippen molar-refractivity contribution in [3.8, 4) is 0 Å². The highest BCUT2D eigenvalue weighted by atomic mass is 16.1. The minimum atomic E-state index is -0.263. The molecule has 0 spiro atoms. The highest BCUT2D eigenvalue weighted by molar-refractivity contribution is 5.89. The molecule has 1 atom stereocenters. The first kappa shape index (κ1) is 12.6. The Labute approximate surface area is 82.1 Å². The molecule has 1 N–H and O–H groups in total. The van der Waals surface area contributed by atoms with Crippen molar-refractivity contribution in [2.45, 2.75) is 47.6 Å². The average molecular weight is 185 g/mol. The largest absolute Gasteiger partial charge is 0.310 e. The molecular weight excluding hydrogens is 162 g/mol. The minimum Gasteiger partial charge on any atom is -0.310 e. The summed E-state index contributed by atoms with van der Waals surface area (Å²) in [6, 6.07) is -0.0625. The second kappa shape index (κ2) is 3.79. The lowest BCUT2D eigenvalue weighted by molar-refractivity contribution is -0.130. The lowest BCUT2D eigenvalue weighted by atomic mass is 9.76. The molecule has 0 saturated carbocycles. The zero-order valence-electron chi connectivity index (χ0n) is 9.99. The molecule has 0 bridgehead atoms. The molecule has 0 aromatic heterocycles. The first-order chi connectivity index (χ1) is 5.60. The fourth-order valence-electron chi connectivity index (χ4n) is 1.39. The van der Waals surface area contributed by atoms with E-state index >= 15 is 0 Å². The van der Waals surface area contributed by atoms with Crippen molar-refractivity contribution >= 4 is 5.78 Å². The van der Waals surface area contributed by atoms with Gasteiger partial charge in [-0.1, -0.05) is 41.5 Å². The van der Waals surface area contributed by atoms with Crippen LogP contribution in [0.25, 0.3) is 0 Å². The summed E-state index contributed by atoms with van der Waals surface area (Å²) < 4.78 is 0. The van der Waals surface area contributed by atoms with E-state index < -0.39 is 0 Å². The zero-order chi connectivity index (χ0) is 10.9. The summed E-state index contributed by atoms with van der Waals surface area (Å²) in [4.78, 5) is 12.0. The van der Waals surface area contributed by atoms with E-state index in [1.807, 2.05) is 27.8 Å². The number of ketones is 1. The zero-order valence-corrected chi connectivity index (χ0v) is 9.99. The van der Waals surface area contributed by atoms with Crippen LogP contribution >= 0.6 is 0 Å². The van der Waals surface area contributed by atoms with Gasteiger partial charge in [0, 0.05) is 5.41 Å². The summed E-state index contributed by atoms with van der Waals surface area (Å²) >= 11 is 0. The van der Waals surface area contributed by atoms with E-state index in [1.54, 1.807) is 0 Å². The Kier molecular flexibility index (Phi) is 3.68. The van der Waals surface area contributed by atoms with Crippen LogP contribution in [0.3, 0.4) is 0 Å². The highest BCUT2D eigenvalue weighted by Crippen LogP contribution is 2.27. The van der Waals surface area contributed by atoms with Crippen LogP contribution in [0.2, 0.25) is 0 Å². The molecule has 0 unspecified atom stereocenters. The Morgan fingerprint density at radius 3 is 1.54 bits per heavy atom. The van der Waals surface area contributed by atoms with E-state index in [0.717, 1.165) is 0 Å². The number of likely N-dealkylation sites (N-methyl/N-ethyl adjacent to an activating group) is 1. The molecule has 0 amide bonds. The van der Waals surface area contributed by atoms with E-state index in [9.17, 15) is 4.79 Å². The Morgan fingerprint density at radius 1 is 1.08 bits per heavy atom. The molecule has 78 valence electrons. The van der Waals surface area contributed by atoms with Crippen LogP contribution < -0.4 is 5.32 Å². The van der Waals surface area contributed by atoms with E-state index in [-0.39, 0.29) is 22.7 Å². The molecular formula is C11H23NO. The summed E-state index contributed by atoms with van der Waals surface area (Å²) in [5.41, 5.74) is -0.278. The summed E-state index contributed by atoms with van der Waals surface area (Å²) in [6.45, 7) is 12.1. The van der Waals surface area contributed by atoms with Crippen molar-refractivity contribution in [3.05, 3.63) is 0 Å². The van der Waals surface area contributed by atoms with Crippen molar-refractivity contribution in [1.82, 2.24) is 5.32 Å². The Hall–Kier alpha value is -0.370. The quantitative estimate of drug-likeness (QED) is 0.715. The standard InChI is InChI=1S/C11H23NO/c1-10(2,3)8(12-7)9(13)11(4,5)6/h8,12H,1-7H3/t8-/m1/s1. The average Bonchev–Trinajstić information content (AvgIpc) is 1.83. The molecule has 0 fully saturated rings. The van der Waals surface area contributed by atoms with Gasteiger partial charge in [-0.15, -0.1) is 0 Å². The molecule has 0 aliphatic heterocycles. The minimum absolute atomic E-state index is 0.0148. The van der Waals surface area contributed by atoms with Crippen LogP contribution in [0, 0.1) is 10.8 Å². The van der Waals surface area contributed by atoms with Gasteiger partial charge in [0.1, 0.15) is 0 Å². The summed E-state index contributed by atoms with van der Waals surface area (Å²) in [5, 5.41) is 3.10. The fraction of sp³-hybridized carbons (Fsp3) is 0.909. The summed E-state index contributed by atoms with van der Waals surface area (Å²) in [5.74, 6) is 0.280. The maximum atomic E-state index is 12.0. The van der Waals surface area contributed by atoms with Crippen LogP contribution in [0.1, 0.15) is 41.5 Å². The maximum absolute atomic E-state index is 12.0. The third-order valence-corrected chi connectivity index (χ3v) is 2.16. The molecule has 2 heteroatoms. The summed E-state index contributed by atoms with van der Waals surface area (Å²) in [7, 11) is 1.85. The topological polar surface area (TPSA) is 29.1 Å². The molecule has 0 aromatic rings. The van der Waals surface area contributed by atoms with Crippen LogP contribution in [0.4, 0.5) is 0 Å². The first-order valence-electron chi connectivity index (χ1n) is 4.82. The predicted octanol–water partition coefficient (Wildman–Crippen LogP) is 2.24. The van der Waals surface area contributed by atoms with E-state index in [0.29, 0.717) is 0 Å². The van der Waals surface area contributed by atoms with Crippen molar-refractivity contribution in [1.29, 1.82) is 0 Å². The molecule has 0 aliphatic carbocycles. The van der Waals surface area contributed by atoms with E-state index in [1.165, 1.54) is 0 Å². The first-order valence-corrected chi connectivity index (χ1v) is 4.82. The molecule has 0 heterocycles. The number of hydrogen-bond donors (Lipinski definition) is 1. The van der Waals surface area contributed by atoms with Crippen molar-refractivity contribution < 1.29 is 4.79 Å². The SMILES string of the molecule is CN[C@H](C(=O)C(C)(C)C)C(C)(C)C. The van der Waals surface area contributed by atoms with Gasteiger partial charge in [-0.3, -0.25) is 4.79 Å². The monoisotopic (exact) mass is 185 g/mol. The molecule has 0 rings (SSSR count). The number of rotatable bonds is 2. The number of nitrogens with one attached hydrogen (secondary N) is 1. The number of carbonyl (C=O) groups is 1. The normalized spacial score (nSPS) is 15.6. The van der Waals surface area contributed by atoms with Gasteiger partial charge in [0.05, 0.1) is 6.04 Å². The Morgan fingerprint density at radius 2 is 1.46 bits per heavy atom. The molecule has 0 aliphatic rings. The van der Waals surface area contributed by atoms with Crippen molar-refractivity contribution in [2.24, 2.45) is 10.8 Å². The summed E-state index contributed by atoms with van der Waals surface area (Å²) in [6.07, 6.45) is 0. The van der Waals surface area contributed by atoms with Gasteiger partial charge in [0.15, 0.2) is 5.78 Å². The maximum Gasteiger partial charge on any atom is 0.155 e. The molecule has 0 saturated heterocycles. The van der Waals surface area contributed by atoms with Gasteiger partial charge < -0.3 is 5.32 Å². The van der Waals surface area contributed by atoms with Crippen molar-refractivity contribution in [3.63, 3.8) is 0 Å². The van der Waals surface area contributed by atoms with Crippen molar-refractivity contribution in [2.75, 3.05) is 7.05 Å². The molecule has 0 radical (unpaired) electrons. The van der Waals surface area contributed by atoms with Gasteiger partial charge in [-0.05, 0) is 12.5 Å². The Bertz CT molecular complexity index is 183. The Balaban J connectivity index is 4.72. The highest BCUT2D eigenvalue weighted by Gasteiger charge is 2.35. The number of hydrogen-bond acceptors (Lipinski definition) is 2. The van der Waals surface area contributed by atoms with Crippen LogP contribution in [0.5, 0.6) is 0 Å². The van der Waals surface area contributed by atoms with E-state index in [2.05, 4.69) is 26.1 Å². The van der Waals surface area contributed by atoms with Gasteiger partial charge in [0.2, 0.25) is 0 Å². The second-order valence-corrected chi connectivity index (χ2v) is 5.70. The van der Waals surface area contributed by atoms with Gasteiger partial charge in [-0.2, -0.15) is 0 Å². The lowest BCUT2D eigenvalue weighted by Crippen LogP contribution is -2.49. The number of carbonyl (C=O) groups excluding carboxylic acids is 1. The number of Topliss-reactive ketones (excluding diaryl/α,β-unsaturated/α-hetero) is 1. The lowest BCUT2D eigenvalue weighted by Gasteiger charge is -2.33. The van der Waals surface area contributed by atoms with Gasteiger partial charge >= 0.3 is 0 Å². The van der Waals surface area contributed by atoms with Crippen LogP contribution in [0.15, 0.2) is 0 Å². The van der Waals surface area contributed by atoms with Crippen LogP contribution in [-0.4, -0.2) is 18.9 Å². The smallest absolute Gasteiger partial charge is 0.155 e. The van der Waals surface area contributed by atoms with Crippen LogP contribution in [-0.2, 0) is 4.79 Å². The van der Waals surface area contributed by atoms with Gasteiger partial charge in [0.25, 0.3) is 0 Å². The molecule has 13 heavy (non-hydrogen) atoms. The van der Waals surface area contributed by atoms with E-state index in [4.69, 9.17) is 0 Å². The third-order valence-electron chi connectivity index (χ3n) is 2.16. The second-order valence-electron chi connectivity index (χ2n) is 5.70. The molecule has 2 nitrogen and oxygen atoms in total.